The van der Waals surface area contributed by atoms with Crippen LogP contribution in [0.3, 0.4) is 0 Å². The predicted octanol–water partition coefficient (Wildman–Crippen LogP) is -0.803. The minimum atomic E-state index is -5.27. The SMILES string of the molecule is Nc1cc(C(=O)O)ccc1O[As](=O)(O)O. The monoisotopic (exact) mass is 277 g/mol. The average molecular weight is 277 g/mol. The molecule has 15 heavy (non-hydrogen) atoms. The zero-order chi connectivity index (χ0) is 11.6. The van der Waals surface area contributed by atoms with Crippen molar-refractivity contribution in [1.82, 2.24) is 0 Å². The number of benzene rings is 1. The molecule has 0 spiro atoms. The van der Waals surface area contributed by atoms with E-state index in [1.807, 2.05) is 0 Å². The molecule has 0 amide bonds. The van der Waals surface area contributed by atoms with Gasteiger partial charge in [-0.05, 0) is 0 Å². The maximum atomic E-state index is 10.5. The molecule has 0 aliphatic rings. The summed E-state index contributed by atoms with van der Waals surface area (Å²) in [6.07, 6.45) is 0. The van der Waals surface area contributed by atoms with E-state index in [1.54, 1.807) is 0 Å². The molecule has 0 saturated heterocycles. The Labute approximate surface area is 87.4 Å². The third-order valence-electron chi connectivity index (χ3n) is 1.47. The third kappa shape index (κ3) is 3.32. The first-order valence-electron chi connectivity index (χ1n) is 3.67. The first kappa shape index (κ1) is 11.6. The number of carbonyl (C=O) groups is 1. The van der Waals surface area contributed by atoms with E-state index >= 15 is 0 Å². The first-order valence-corrected chi connectivity index (χ1v) is 6.88. The summed E-state index contributed by atoms with van der Waals surface area (Å²) in [6.45, 7) is 0. The number of carboxylic acid groups (broad SMARTS) is 1. The second-order valence-corrected chi connectivity index (χ2v) is 5.08. The van der Waals surface area contributed by atoms with Gasteiger partial charge in [0, 0.05) is 0 Å². The van der Waals surface area contributed by atoms with Gasteiger partial charge in [-0.15, -0.1) is 0 Å². The normalized spacial score (nSPS) is 11.1. The minimum absolute atomic E-state index is 0.0853. The number of nitrogen functional groups attached to an aromatic ring is 1. The molecule has 0 unspecified atom stereocenters. The molecule has 0 aliphatic heterocycles. The average Bonchev–Trinajstić information content (AvgIpc) is 2.05. The molecule has 0 aliphatic carbocycles. The van der Waals surface area contributed by atoms with Crippen LogP contribution in [-0.2, 0) is 3.74 Å². The summed E-state index contributed by atoms with van der Waals surface area (Å²) in [5.41, 5.74) is 5.12. The summed E-state index contributed by atoms with van der Waals surface area (Å²) < 4.78 is 31.9. The number of carboxylic acids is 1. The van der Waals surface area contributed by atoms with Crippen molar-refractivity contribution in [2.45, 2.75) is 0 Å². The van der Waals surface area contributed by atoms with E-state index in [2.05, 4.69) is 3.73 Å². The topological polar surface area (TPSA) is 130 Å². The van der Waals surface area contributed by atoms with Gasteiger partial charge in [0.05, 0.1) is 0 Å². The fourth-order valence-electron chi connectivity index (χ4n) is 0.893. The molecule has 5 N–H and O–H groups in total. The molecule has 0 bridgehead atoms. The van der Waals surface area contributed by atoms with Crippen molar-refractivity contribution < 1.29 is 25.6 Å². The Bertz CT molecular complexity index is 439. The van der Waals surface area contributed by atoms with Crippen LogP contribution in [0, 0.1) is 0 Å². The second-order valence-electron chi connectivity index (χ2n) is 2.64. The summed E-state index contributed by atoms with van der Waals surface area (Å²) in [5.74, 6) is -1.41. The van der Waals surface area contributed by atoms with Crippen molar-refractivity contribution >= 4 is 26.2 Å². The van der Waals surface area contributed by atoms with Gasteiger partial charge < -0.3 is 0 Å². The van der Waals surface area contributed by atoms with Crippen LogP contribution in [-0.4, -0.2) is 33.8 Å². The van der Waals surface area contributed by atoms with Crippen molar-refractivity contribution in [2.24, 2.45) is 0 Å². The molecule has 0 atom stereocenters. The van der Waals surface area contributed by atoms with E-state index < -0.39 is 20.5 Å². The molecule has 1 aromatic rings. The van der Waals surface area contributed by atoms with Gasteiger partial charge in [-0.3, -0.25) is 0 Å². The standard InChI is InChI=1S/C7H8AsNO6/c9-5-3-4(7(10)11)1-2-6(5)15-8(12,13)14/h1-3H,9H2,(H,10,11)(H2,12,13,14). The zero-order valence-corrected chi connectivity index (χ0v) is 9.20. The Balaban J connectivity index is 3.04. The molecular weight excluding hydrogens is 269 g/mol. The first-order chi connectivity index (χ1) is 6.79. The van der Waals surface area contributed by atoms with E-state index in [0.717, 1.165) is 18.2 Å². The molecule has 8 heteroatoms. The zero-order valence-electron chi connectivity index (χ0n) is 7.32. The quantitative estimate of drug-likeness (QED) is 0.420. The van der Waals surface area contributed by atoms with Gasteiger partial charge in [0.15, 0.2) is 0 Å². The van der Waals surface area contributed by atoms with Crippen LogP contribution in [0.4, 0.5) is 5.69 Å². The summed E-state index contributed by atoms with van der Waals surface area (Å²) in [5, 5.41) is 8.59. The van der Waals surface area contributed by atoms with Gasteiger partial charge >= 0.3 is 87.0 Å². The molecule has 1 aromatic carbocycles. The second kappa shape index (κ2) is 3.98. The van der Waals surface area contributed by atoms with E-state index in [0.29, 0.717) is 0 Å². The van der Waals surface area contributed by atoms with E-state index in [4.69, 9.17) is 19.0 Å². The van der Waals surface area contributed by atoms with Crippen LogP contribution < -0.4 is 9.46 Å². The van der Waals surface area contributed by atoms with Crippen LogP contribution in [0.25, 0.3) is 0 Å². The van der Waals surface area contributed by atoms with Crippen LogP contribution in [0.2, 0.25) is 0 Å². The van der Waals surface area contributed by atoms with Gasteiger partial charge in [-0.2, -0.15) is 0 Å². The molecule has 7 nitrogen and oxygen atoms in total. The number of anilines is 1. The van der Waals surface area contributed by atoms with E-state index in [-0.39, 0.29) is 17.0 Å². The molecule has 0 saturated carbocycles. The summed E-state index contributed by atoms with van der Waals surface area (Å²) in [4.78, 5) is 10.5. The number of hydrogen-bond acceptors (Lipinski definition) is 4. The Hall–Kier alpha value is -1.43. The van der Waals surface area contributed by atoms with Crippen molar-refractivity contribution in [3.8, 4) is 5.75 Å². The summed E-state index contributed by atoms with van der Waals surface area (Å²) >= 11 is -5.27. The number of rotatable bonds is 3. The number of aromatic carboxylic acids is 1. The van der Waals surface area contributed by atoms with Crippen molar-refractivity contribution in [1.29, 1.82) is 0 Å². The number of nitrogens with two attached hydrogens (primary N) is 1. The fourth-order valence-corrected chi connectivity index (χ4v) is 1.78. The van der Waals surface area contributed by atoms with Crippen LogP contribution in [0.1, 0.15) is 10.4 Å². The Morgan fingerprint density at radius 1 is 1.40 bits per heavy atom. The van der Waals surface area contributed by atoms with Gasteiger partial charge in [-0.1, -0.05) is 0 Å². The third-order valence-corrected chi connectivity index (χ3v) is 2.39. The number of hydrogen-bond donors (Lipinski definition) is 4. The van der Waals surface area contributed by atoms with Crippen LogP contribution in [0.15, 0.2) is 18.2 Å². The van der Waals surface area contributed by atoms with Gasteiger partial charge in [0.25, 0.3) is 0 Å². The van der Waals surface area contributed by atoms with E-state index in [1.165, 1.54) is 0 Å². The van der Waals surface area contributed by atoms with E-state index in [9.17, 15) is 8.53 Å². The molecule has 1 rings (SSSR count). The van der Waals surface area contributed by atoms with Crippen molar-refractivity contribution in [3.05, 3.63) is 23.8 Å². The van der Waals surface area contributed by atoms with Crippen LogP contribution >= 0.6 is 0 Å². The Morgan fingerprint density at radius 3 is 2.40 bits per heavy atom. The van der Waals surface area contributed by atoms with Gasteiger partial charge in [0.1, 0.15) is 0 Å². The fraction of sp³-hybridized carbons (Fsp3) is 0. The predicted molar refractivity (Wildman–Crippen MR) is 49.3 cm³/mol. The Morgan fingerprint density at radius 2 is 2.00 bits per heavy atom. The maximum absolute atomic E-state index is 10.5. The molecule has 0 heterocycles. The van der Waals surface area contributed by atoms with Crippen molar-refractivity contribution in [3.63, 3.8) is 0 Å². The summed E-state index contributed by atoms with van der Waals surface area (Å²) in [7, 11) is 0. The van der Waals surface area contributed by atoms with Gasteiger partial charge in [0.2, 0.25) is 0 Å². The molecule has 0 aromatic heterocycles. The van der Waals surface area contributed by atoms with Crippen LogP contribution in [0.5, 0.6) is 5.75 Å². The molecule has 0 radical (unpaired) electrons. The Kier molecular flexibility index (Phi) is 3.09. The molecular formula is C7H8AsNO6. The summed E-state index contributed by atoms with van der Waals surface area (Å²) in [6, 6.07) is 3.29. The molecule has 82 valence electrons. The molecule has 0 fully saturated rings. The van der Waals surface area contributed by atoms with Crippen molar-refractivity contribution in [2.75, 3.05) is 5.73 Å². The van der Waals surface area contributed by atoms with Gasteiger partial charge in [-0.25, -0.2) is 0 Å².